The summed E-state index contributed by atoms with van der Waals surface area (Å²) in [6.07, 6.45) is 0. The first-order chi connectivity index (χ1) is 11.2. The zero-order chi connectivity index (χ0) is 17.9. The fraction of sp³-hybridized carbons (Fsp3) is 0.353. The molecule has 128 valence electrons. The molecule has 2 rings (SSSR count). The van der Waals surface area contributed by atoms with E-state index in [0.717, 1.165) is 10.4 Å². The number of nitrogens with zero attached hydrogens (tertiary/aromatic N) is 2. The summed E-state index contributed by atoms with van der Waals surface area (Å²) < 4.78 is 6.22. The van der Waals surface area contributed by atoms with Crippen molar-refractivity contribution < 1.29 is 9.53 Å². The number of halogens is 1. The van der Waals surface area contributed by atoms with Crippen molar-refractivity contribution in [1.29, 1.82) is 0 Å². The van der Waals surface area contributed by atoms with Crippen LogP contribution in [0.25, 0.3) is 0 Å². The molecule has 7 heteroatoms. The van der Waals surface area contributed by atoms with Gasteiger partial charge in [0.15, 0.2) is 0 Å². The van der Waals surface area contributed by atoms with E-state index >= 15 is 0 Å². The van der Waals surface area contributed by atoms with E-state index in [0.29, 0.717) is 16.5 Å². The number of benzene rings is 1. The average molecular weight is 350 g/mol. The van der Waals surface area contributed by atoms with E-state index in [1.807, 2.05) is 20.8 Å². The number of ether oxygens (including phenoxy) is 1. The Morgan fingerprint density at radius 2 is 2.00 bits per heavy atom. The number of nitrogens with one attached hydrogen (secondary N) is 1. The summed E-state index contributed by atoms with van der Waals surface area (Å²) in [5.74, 6) is 0.155. The summed E-state index contributed by atoms with van der Waals surface area (Å²) >= 11 is 6.03. The van der Waals surface area contributed by atoms with E-state index in [2.05, 4.69) is 10.4 Å². The Morgan fingerprint density at radius 3 is 2.58 bits per heavy atom. The van der Waals surface area contributed by atoms with Gasteiger partial charge in [-0.25, -0.2) is 4.68 Å². The molecule has 0 aliphatic rings. The molecule has 0 aliphatic carbocycles. The molecule has 1 N–H and O–H groups in total. The first kappa shape index (κ1) is 18.0. The van der Waals surface area contributed by atoms with Crippen LogP contribution >= 0.6 is 11.6 Å². The summed E-state index contributed by atoms with van der Waals surface area (Å²) in [6.45, 7) is 5.79. The molecule has 6 nitrogen and oxygen atoms in total. The zero-order valence-corrected chi connectivity index (χ0v) is 14.8. The van der Waals surface area contributed by atoms with Crippen LogP contribution in [0.15, 0.2) is 35.1 Å². The van der Waals surface area contributed by atoms with Crippen LogP contribution < -0.4 is 15.6 Å². The van der Waals surface area contributed by atoms with E-state index in [-0.39, 0.29) is 23.4 Å². The van der Waals surface area contributed by atoms with E-state index in [1.165, 1.54) is 13.2 Å². The number of aromatic nitrogens is 2. The molecular formula is C17H20ClN3O3. The highest BCUT2D eigenvalue weighted by Gasteiger charge is 2.17. The molecule has 1 aromatic heterocycles. The van der Waals surface area contributed by atoms with Crippen molar-refractivity contribution in [3.63, 3.8) is 0 Å². The van der Waals surface area contributed by atoms with Crippen molar-refractivity contribution in [2.75, 3.05) is 12.4 Å². The van der Waals surface area contributed by atoms with Gasteiger partial charge >= 0.3 is 0 Å². The van der Waals surface area contributed by atoms with Gasteiger partial charge in [0.05, 0.1) is 17.8 Å². The van der Waals surface area contributed by atoms with Crippen molar-refractivity contribution in [3.8, 4) is 5.75 Å². The van der Waals surface area contributed by atoms with Crippen LogP contribution in [0, 0.1) is 0 Å². The van der Waals surface area contributed by atoms with Crippen LogP contribution in [-0.2, 0) is 16.8 Å². The maximum atomic E-state index is 12.2. The number of carbonyl (C=O) groups is 1. The summed E-state index contributed by atoms with van der Waals surface area (Å²) in [7, 11) is 1.51. The Morgan fingerprint density at radius 1 is 1.29 bits per heavy atom. The minimum Gasteiger partial charge on any atom is -0.495 e. The number of rotatable bonds is 4. The normalized spacial score (nSPS) is 11.2. The smallest absolute Gasteiger partial charge is 0.267 e. The average Bonchev–Trinajstić information content (AvgIpc) is 2.48. The second-order valence-electron chi connectivity index (χ2n) is 6.36. The zero-order valence-electron chi connectivity index (χ0n) is 14.1. The van der Waals surface area contributed by atoms with Crippen LogP contribution in [0.4, 0.5) is 5.69 Å². The van der Waals surface area contributed by atoms with Crippen molar-refractivity contribution in [2.45, 2.75) is 32.7 Å². The van der Waals surface area contributed by atoms with Gasteiger partial charge in [-0.3, -0.25) is 9.59 Å². The first-order valence-corrected chi connectivity index (χ1v) is 7.80. The summed E-state index contributed by atoms with van der Waals surface area (Å²) in [5, 5.41) is 7.35. The van der Waals surface area contributed by atoms with Crippen LogP contribution in [0.2, 0.25) is 5.02 Å². The largest absolute Gasteiger partial charge is 0.495 e. The maximum absolute atomic E-state index is 12.2. The molecule has 2 aromatic rings. The van der Waals surface area contributed by atoms with Gasteiger partial charge in [0.2, 0.25) is 5.91 Å². The van der Waals surface area contributed by atoms with Gasteiger partial charge in [-0.2, -0.15) is 5.10 Å². The third-order valence-corrected chi connectivity index (χ3v) is 3.66. The van der Waals surface area contributed by atoms with E-state index in [1.54, 1.807) is 24.3 Å². The second kappa shape index (κ2) is 7.05. The van der Waals surface area contributed by atoms with Gasteiger partial charge in [0.25, 0.3) is 5.56 Å². The molecule has 0 radical (unpaired) electrons. The number of hydrogen-bond donors (Lipinski definition) is 1. The fourth-order valence-corrected chi connectivity index (χ4v) is 2.30. The predicted octanol–water partition coefficient (Wildman–Crippen LogP) is 2.84. The maximum Gasteiger partial charge on any atom is 0.267 e. The van der Waals surface area contributed by atoms with Crippen molar-refractivity contribution >= 4 is 23.2 Å². The van der Waals surface area contributed by atoms with E-state index in [4.69, 9.17) is 16.3 Å². The molecular weight excluding hydrogens is 330 g/mol. The lowest BCUT2D eigenvalue weighted by molar-refractivity contribution is -0.117. The molecule has 0 atom stereocenters. The number of carbonyl (C=O) groups excluding carboxylic acids is 1. The number of hydrogen-bond acceptors (Lipinski definition) is 4. The monoisotopic (exact) mass is 349 g/mol. The van der Waals surface area contributed by atoms with Gasteiger partial charge in [-0.05, 0) is 24.3 Å². The number of amides is 1. The highest BCUT2D eigenvalue weighted by molar-refractivity contribution is 6.32. The summed E-state index contributed by atoms with van der Waals surface area (Å²) in [6, 6.07) is 8.01. The van der Waals surface area contributed by atoms with Gasteiger partial charge in [0, 0.05) is 17.2 Å². The van der Waals surface area contributed by atoms with Gasteiger partial charge < -0.3 is 10.1 Å². The van der Waals surface area contributed by atoms with Crippen LogP contribution in [0.5, 0.6) is 5.75 Å². The lowest BCUT2D eigenvalue weighted by Gasteiger charge is -2.18. The molecule has 0 saturated heterocycles. The Bertz CT molecular complexity index is 809. The SMILES string of the molecule is COc1ccc(NC(=O)Cn2nc(C(C)(C)C)ccc2=O)cc1Cl. The number of anilines is 1. The van der Waals surface area contributed by atoms with Gasteiger partial charge in [-0.1, -0.05) is 32.4 Å². The Balaban J connectivity index is 2.15. The van der Waals surface area contributed by atoms with Gasteiger partial charge in [0.1, 0.15) is 12.3 Å². The quantitative estimate of drug-likeness (QED) is 0.921. The van der Waals surface area contributed by atoms with Gasteiger partial charge in [-0.15, -0.1) is 0 Å². The molecule has 0 fully saturated rings. The van der Waals surface area contributed by atoms with Crippen molar-refractivity contribution in [1.82, 2.24) is 9.78 Å². The second-order valence-corrected chi connectivity index (χ2v) is 6.77. The van der Waals surface area contributed by atoms with E-state index < -0.39 is 0 Å². The molecule has 1 amide bonds. The van der Waals surface area contributed by atoms with Crippen LogP contribution in [0.1, 0.15) is 26.5 Å². The Labute approximate surface area is 145 Å². The molecule has 1 heterocycles. The fourth-order valence-electron chi connectivity index (χ4n) is 2.04. The van der Waals surface area contributed by atoms with Crippen LogP contribution in [0.3, 0.4) is 0 Å². The third kappa shape index (κ3) is 4.35. The highest BCUT2D eigenvalue weighted by atomic mass is 35.5. The molecule has 24 heavy (non-hydrogen) atoms. The number of methoxy groups -OCH3 is 1. The first-order valence-electron chi connectivity index (χ1n) is 7.43. The molecule has 0 unspecified atom stereocenters. The lowest BCUT2D eigenvalue weighted by Crippen LogP contribution is -2.31. The summed E-state index contributed by atoms with van der Waals surface area (Å²) in [4.78, 5) is 24.1. The molecule has 0 saturated carbocycles. The predicted molar refractivity (Wildman–Crippen MR) is 93.8 cm³/mol. The summed E-state index contributed by atoms with van der Waals surface area (Å²) in [5.41, 5.74) is 0.717. The Hall–Kier alpha value is -2.34. The molecule has 0 spiro atoms. The lowest BCUT2D eigenvalue weighted by atomic mass is 9.92. The van der Waals surface area contributed by atoms with Crippen molar-refractivity contribution in [3.05, 3.63) is 51.4 Å². The van der Waals surface area contributed by atoms with Crippen molar-refractivity contribution in [2.24, 2.45) is 0 Å². The highest BCUT2D eigenvalue weighted by Crippen LogP contribution is 2.27. The third-order valence-electron chi connectivity index (χ3n) is 3.36. The Kier molecular flexibility index (Phi) is 5.29. The minimum absolute atomic E-state index is 0.174. The topological polar surface area (TPSA) is 73.2 Å². The minimum atomic E-state index is -0.364. The van der Waals surface area contributed by atoms with E-state index in [9.17, 15) is 9.59 Å². The standard InChI is InChI=1S/C17H20ClN3O3/c1-17(2,3)14-7-8-16(23)21(20-14)10-15(22)19-11-5-6-13(24-4)12(18)9-11/h5-9H,10H2,1-4H3,(H,19,22). The molecule has 1 aromatic carbocycles. The van der Waals surface area contributed by atoms with Crippen LogP contribution in [-0.4, -0.2) is 22.8 Å². The molecule has 0 bridgehead atoms. The molecule has 0 aliphatic heterocycles.